The maximum absolute atomic E-state index is 14.4. The summed E-state index contributed by atoms with van der Waals surface area (Å²) in [6.45, 7) is 8.57. The van der Waals surface area contributed by atoms with E-state index in [1.807, 2.05) is 47.6 Å². The predicted molar refractivity (Wildman–Crippen MR) is 202 cm³/mol. The first-order valence-electron chi connectivity index (χ1n) is 18.1. The number of nitrogens with zero attached hydrogens (tertiary/aromatic N) is 2. The normalized spacial score (nSPS) is 29.9. The molecule has 1 saturated heterocycles. The maximum atomic E-state index is 14.4. The van der Waals surface area contributed by atoms with E-state index in [1.54, 1.807) is 31.3 Å². The number of fused-ring (bicyclic) bond motifs is 8. The Bertz CT molecular complexity index is 2050. The van der Waals surface area contributed by atoms with Gasteiger partial charge in [0.1, 0.15) is 17.2 Å². The number of pyridine rings is 1. The molecule has 268 valence electrons. The van der Waals surface area contributed by atoms with Crippen molar-refractivity contribution in [2.45, 2.75) is 107 Å². The zero-order valence-electron chi connectivity index (χ0n) is 29.7. The van der Waals surface area contributed by atoms with Crippen LogP contribution in [0.25, 0.3) is 11.0 Å². The number of carbonyl (C=O) groups is 2. The second kappa shape index (κ2) is 12.8. The molecule has 1 saturated carbocycles. The lowest BCUT2D eigenvalue weighted by Gasteiger charge is -2.56. The molecule has 8 rings (SSSR count). The molecule has 5 aliphatic rings. The van der Waals surface area contributed by atoms with Gasteiger partial charge in [0.2, 0.25) is 5.91 Å². The van der Waals surface area contributed by atoms with Gasteiger partial charge >= 0.3 is 11.6 Å². The smallest absolute Gasteiger partial charge is 0.336 e. The van der Waals surface area contributed by atoms with Gasteiger partial charge in [-0.05, 0) is 80.8 Å². The highest BCUT2D eigenvalue weighted by Gasteiger charge is 2.64. The number of carbonyl (C=O) groups excluding carboxylic acids is 2. The van der Waals surface area contributed by atoms with E-state index in [4.69, 9.17) is 19.6 Å². The molecule has 0 bridgehead atoms. The van der Waals surface area contributed by atoms with E-state index in [2.05, 4.69) is 22.9 Å². The molecule has 2 N–H and O–H groups in total. The molecule has 1 aromatic carbocycles. The van der Waals surface area contributed by atoms with E-state index in [0.717, 1.165) is 59.2 Å². The Morgan fingerprint density at radius 2 is 1.98 bits per heavy atom. The molecule has 3 aliphatic heterocycles. The van der Waals surface area contributed by atoms with Crippen molar-refractivity contribution in [2.24, 2.45) is 5.92 Å². The highest BCUT2D eigenvalue weighted by Crippen LogP contribution is 2.60. The third kappa shape index (κ3) is 5.52. The number of ether oxygens (including phenoxy) is 2. The molecule has 5 heterocycles. The zero-order valence-corrected chi connectivity index (χ0v) is 31.3. The lowest BCUT2D eigenvalue weighted by Crippen LogP contribution is -2.67. The van der Waals surface area contributed by atoms with Crippen LogP contribution in [0.4, 0.5) is 5.82 Å². The fourth-order valence-corrected chi connectivity index (χ4v) is 13.1. The molecule has 3 aromatic rings. The minimum Gasteiger partial charge on any atom is -0.481 e. The van der Waals surface area contributed by atoms with Gasteiger partial charge < -0.3 is 24.5 Å². The van der Waals surface area contributed by atoms with Gasteiger partial charge in [0.25, 0.3) is 0 Å². The van der Waals surface area contributed by atoms with Crippen molar-refractivity contribution < 1.29 is 23.5 Å². The Morgan fingerprint density at radius 3 is 2.75 bits per heavy atom. The average Bonchev–Trinajstić information content (AvgIpc) is 3.71. The molecule has 5 unspecified atom stereocenters. The number of nitrogen functional groups attached to an aromatic ring is 1. The second-order valence-electron chi connectivity index (χ2n) is 15.2. The molecule has 51 heavy (non-hydrogen) atoms. The molecule has 2 spiro atoms. The number of aromatic nitrogens is 1. The molecule has 5 atom stereocenters. The van der Waals surface area contributed by atoms with Crippen molar-refractivity contribution in [3.05, 3.63) is 86.9 Å². The van der Waals surface area contributed by atoms with Crippen LogP contribution in [0, 0.1) is 5.92 Å². The summed E-state index contributed by atoms with van der Waals surface area (Å²) in [6, 6.07) is 9.07. The van der Waals surface area contributed by atoms with Gasteiger partial charge in [-0.1, -0.05) is 59.1 Å². The van der Waals surface area contributed by atoms with Gasteiger partial charge in [-0.2, -0.15) is 0 Å². The highest BCUT2D eigenvalue weighted by atomic mass is 33.1. The van der Waals surface area contributed by atoms with E-state index in [1.165, 1.54) is 18.9 Å². The number of hydrogen-bond donors (Lipinski definition) is 1. The van der Waals surface area contributed by atoms with E-state index in [0.29, 0.717) is 41.5 Å². The number of nitrogens with two attached hydrogens (primary N) is 1. The Labute approximate surface area is 306 Å². The summed E-state index contributed by atoms with van der Waals surface area (Å²) in [5, 5.41) is 0.783. The van der Waals surface area contributed by atoms with Crippen molar-refractivity contribution in [3.8, 4) is 5.75 Å². The van der Waals surface area contributed by atoms with Crippen LogP contribution in [0.15, 0.2) is 69.0 Å². The number of anilines is 1. The van der Waals surface area contributed by atoms with E-state index in [9.17, 15) is 14.4 Å². The number of rotatable bonds is 3. The Balaban J connectivity index is 1.31. The minimum atomic E-state index is -1.13. The number of allylic oxidation sites excluding steroid dienone is 1. The van der Waals surface area contributed by atoms with Crippen LogP contribution in [0.1, 0.15) is 88.8 Å². The van der Waals surface area contributed by atoms with Crippen LogP contribution >= 0.6 is 21.6 Å². The van der Waals surface area contributed by atoms with Crippen LogP contribution in [0.2, 0.25) is 0 Å². The summed E-state index contributed by atoms with van der Waals surface area (Å²) in [4.78, 5) is 47.0. The predicted octanol–water partition coefficient (Wildman–Crippen LogP) is 7.31. The van der Waals surface area contributed by atoms with Crippen molar-refractivity contribution in [1.82, 2.24) is 9.88 Å². The van der Waals surface area contributed by atoms with Gasteiger partial charge in [-0.3, -0.25) is 4.79 Å². The SMILES string of the molecule is CC=C(C)C(=O)OC1(C)CC=C2CSSC3(CCCC3)C3C(CC)CN3C(=O)Cc3cnc(N)cc3C2C12Cc1cc3ccc(=O)oc3cc1O2. The quantitative estimate of drug-likeness (QED) is 0.0966. The Hall–Kier alpha value is -3.70. The summed E-state index contributed by atoms with van der Waals surface area (Å²) in [6.07, 6.45) is 12.4. The standard InChI is InChI=1S/C40H45N3O6S2/c1-5-23(3)37(46)49-38(4)14-11-26-22-50-51-39(12-7-8-13-39)36-24(6-2)21-43(36)33(44)16-28-20-42-32(41)17-29(28)35(26)40(38)19-27-15-25-9-10-34(45)47-30(25)18-31(27)48-40/h5,9-11,15,17-18,20,24,35-36H,6-8,12-14,16,19,21-22H2,1-4H3,(H2,41,42). The molecule has 0 radical (unpaired) electrons. The third-order valence-corrected chi connectivity index (χ3v) is 15.6. The third-order valence-electron chi connectivity index (χ3n) is 12.3. The van der Waals surface area contributed by atoms with Gasteiger partial charge in [0.05, 0.1) is 18.4 Å². The van der Waals surface area contributed by atoms with Gasteiger partial charge in [0.15, 0.2) is 11.2 Å². The average molecular weight is 728 g/mol. The van der Waals surface area contributed by atoms with Crippen LogP contribution in [-0.2, 0) is 27.2 Å². The lowest BCUT2D eigenvalue weighted by atomic mass is 9.61. The number of esters is 1. The zero-order chi connectivity index (χ0) is 35.7. The molecule has 2 aromatic heterocycles. The van der Waals surface area contributed by atoms with Crippen LogP contribution in [0.3, 0.4) is 0 Å². The fraction of sp³-hybridized carbons (Fsp3) is 0.500. The maximum Gasteiger partial charge on any atom is 0.336 e. The van der Waals surface area contributed by atoms with E-state index in [-0.39, 0.29) is 23.1 Å². The first-order chi connectivity index (χ1) is 24.5. The van der Waals surface area contributed by atoms with Gasteiger partial charge in [-0.25, -0.2) is 14.6 Å². The fourth-order valence-electron chi connectivity index (χ4n) is 9.41. The Morgan fingerprint density at radius 1 is 1.18 bits per heavy atom. The van der Waals surface area contributed by atoms with Crippen LogP contribution in [-0.4, -0.2) is 56.0 Å². The second-order valence-corrected chi connectivity index (χ2v) is 17.9. The lowest BCUT2D eigenvalue weighted by molar-refractivity contribution is -0.183. The molecular weight excluding hydrogens is 683 g/mol. The van der Waals surface area contributed by atoms with E-state index < -0.39 is 28.7 Å². The van der Waals surface area contributed by atoms with Crippen molar-refractivity contribution in [3.63, 3.8) is 0 Å². The van der Waals surface area contributed by atoms with Crippen molar-refractivity contribution in [2.75, 3.05) is 18.0 Å². The van der Waals surface area contributed by atoms with Crippen molar-refractivity contribution in [1.29, 1.82) is 0 Å². The largest absolute Gasteiger partial charge is 0.481 e. The topological polar surface area (TPSA) is 125 Å². The van der Waals surface area contributed by atoms with Crippen LogP contribution < -0.4 is 16.1 Å². The van der Waals surface area contributed by atoms with Crippen LogP contribution in [0.5, 0.6) is 5.75 Å². The Kier molecular flexibility index (Phi) is 8.60. The highest BCUT2D eigenvalue weighted by molar-refractivity contribution is 8.77. The van der Waals surface area contributed by atoms with E-state index >= 15 is 0 Å². The number of benzene rings is 1. The summed E-state index contributed by atoms with van der Waals surface area (Å²) in [7, 11) is 3.85. The minimum absolute atomic E-state index is 0.0151. The molecule has 1 amide bonds. The molecular formula is C40H45N3O6S2. The monoisotopic (exact) mass is 727 g/mol. The summed E-state index contributed by atoms with van der Waals surface area (Å²) >= 11 is 0. The molecule has 9 nitrogen and oxygen atoms in total. The number of amides is 1. The van der Waals surface area contributed by atoms with Crippen molar-refractivity contribution >= 4 is 50.3 Å². The van der Waals surface area contributed by atoms with Gasteiger partial charge in [-0.15, -0.1) is 0 Å². The van der Waals surface area contributed by atoms with Gasteiger partial charge in [0, 0.05) is 59.2 Å². The molecule has 2 aliphatic carbocycles. The number of hydrogen-bond acceptors (Lipinski definition) is 10. The summed E-state index contributed by atoms with van der Waals surface area (Å²) in [5.41, 5.74) is 8.45. The molecule has 11 heteroatoms. The first kappa shape index (κ1) is 34.4. The summed E-state index contributed by atoms with van der Waals surface area (Å²) < 4.78 is 19.4. The molecule has 2 fully saturated rings. The first-order valence-corrected chi connectivity index (χ1v) is 20.5. The summed E-state index contributed by atoms with van der Waals surface area (Å²) in [5.74, 6) is 1.42.